The van der Waals surface area contributed by atoms with Crippen molar-refractivity contribution in [1.29, 1.82) is 0 Å². The minimum atomic E-state index is 0.530. The van der Waals surface area contributed by atoms with Gasteiger partial charge in [0.1, 0.15) is 0 Å². The maximum Gasteiger partial charge on any atom is 0.247 e. The van der Waals surface area contributed by atoms with E-state index in [1.165, 1.54) is 0 Å². The fraction of sp³-hybridized carbons (Fsp3) is 0. The van der Waals surface area contributed by atoms with Crippen LogP contribution in [0, 0.1) is 0 Å². The van der Waals surface area contributed by atoms with Crippen LogP contribution in [0.25, 0.3) is 27.9 Å². The van der Waals surface area contributed by atoms with E-state index in [1.54, 1.807) is 6.20 Å². The predicted molar refractivity (Wildman–Crippen MR) is 95.7 cm³/mol. The van der Waals surface area contributed by atoms with Crippen LogP contribution >= 0.6 is 0 Å². The summed E-state index contributed by atoms with van der Waals surface area (Å²) in [5.74, 6) is 0.530. The van der Waals surface area contributed by atoms with Crippen LogP contribution in [0.5, 0.6) is 0 Å². The number of benzene rings is 2. The van der Waals surface area contributed by atoms with Crippen LogP contribution in [0.2, 0.25) is 0 Å². The second-order valence-electron chi connectivity index (χ2n) is 5.69. The first kappa shape index (κ1) is 13.7. The van der Waals surface area contributed by atoms with Crippen molar-refractivity contribution in [1.82, 2.24) is 19.8 Å². The lowest BCUT2D eigenvalue weighted by Crippen LogP contribution is -1.95. The first-order chi connectivity index (χ1) is 12.4. The molecule has 0 radical (unpaired) electrons. The SMILES string of the molecule is c1ccc(-c2cccc3nc(Nc4ccc5cnoc5c4)nn23)cc1. The molecule has 0 atom stereocenters. The van der Waals surface area contributed by atoms with Crippen molar-refractivity contribution < 1.29 is 4.52 Å². The highest BCUT2D eigenvalue weighted by atomic mass is 16.5. The zero-order valence-electron chi connectivity index (χ0n) is 13.1. The molecule has 1 N–H and O–H groups in total. The Morgan fingerprint density at radius 2 is 1.84 bits per heavy atom. The van der Waals surface area contributed by atoms with E-state index in [0.29, 0.717) is 5.95 Å². The molecule has 0 aliphatic carbocycles. The second-order valence-corrected chi connectivity index (χ2v) is 5.69. The van der Waals surface area contributed by atoms with Gasteiger partial charge in [-0.25, -0.2) is 4.52 Å². The van der Waals surface area contributed by atoms with Crippen LogP contribution < -0.4 is 5.32 Å². The van der Waals surface area contributed by atoms with Crippen LogP contribution in [0.3, 0.4) is 0 Å². The van der Waals surface area contributed by atoms with Crippen LogP contribution in [0.1, 0.15) is 0 Å². The van der Waals surface area contributed by atoms with Gasteiger partial charge in [0.25, 0.3) is 0 Å². The molecule has 0 amide bonds. The maximum atomic E-state index is 5.20. The van der Waals surface area contributed by atoms with Gasteiger partial charge in [-0.3, -0.25) is 0 Å². The van der Waals surface area contributed by atoms with Crippen molar-refractivity contribution in [3.63, 3.8) is 0 Å². The average molecular weight is 327 g/mol. The molecule has 0 unspecified atom stereocenters. The van der Waals surface area contributed by atoms with E-state index in [9.17, 15) is 0 Å². The zero-order chi connectivity index (χ0) is 16.6. The molecule has 3 heterocycles. The van der Waals surface area contributed by atoms with Gasteiger partial charge >= 0.3 is 0 Å². The van der Waals surface area contributed by atoms with Gasteiger partial charge in [0.15, 0.2) is 11.2 Å². The molecular formula is C19H13N5O. The van der Waals surface area contributed by atoms with Crippen molar-refractivity contribution >= 4 is 28.3 Å². The summed E-state index contributed by atoms with van der Waals surface area (Å²) in [6.45, 7) is 0. The molecule has 0 aliphatic rings. The topological polar surface area (TPSA) is 68.2 Å². The van der Waals surface area contributed by atoms with E-state index in [2.05, 4.69) is 32.7 Å². The highest BCUT2D eigenvalue weighted by Gasteiger charge is 2.09. The number of fused-ring (bicyclic) bond motifs is 2. The molecular weight excluding hydrogens is 314 g/mol. The smallest absolute Gasteiger partial charge is 0.247 e. The minimum absolute atomic E-state index is 0.530. The van der Waals surface area contributed by atoms with Gasteiger partial charge in [-0.2, -0.15) is 4.98 Å². The molecule has 2 aromatic carbocycles. The average Bonchev–Trinajstić information content (AvgIpc) is 3.27. The van der Waals surface area contributed by atoms with E-state index in [1.807, 2.05) is 59.1 Å². The molecule has 0 aliphatic heterocycles. The van der Waals surface area contributed by atoms with Crippen molar-refractivity contribution in [3.05, 3.63) is 72.9 Å². The Balaban J connectivity index is 1.56. The third-order valence-electron chi connectivity index (χ3n) is 4.04. The van der Waals surface area contributed by atoms with E-state index in [0.717, 1.165) is 33.6 Å². The lowest BCUT2D eigenvalue weighted by molar-refractivity contribution is 0.456. The van der Waals surface area contributed by atoms with Crippen LogP contribution in [0.4, 0.5) is 11.6 Å². The number of rotatable bonds is 3. The second kappa shape index (κ2) is 5.45. The molecule has 6 nitrogen and oxygen atoms in total. The zero-order valence-corrected chi connectivity index (χ0v) is 13.1. The molecule has 0 bridgehead atoms. The lowest BCUT2D eigenvalue weighted by atomic mass is 10.1. The van der Waals surface area contributed by atoms with Gasteiger partial charge in [0.2, 0.25) is 5.95 Å². The lowest BCUT2D eigenvalue weighted by Gasteiger charge is -2.03. The molecule has 0 saturated carbocycles. The maximum absolute atomic E-state index is 5.20. The van der Waals surface area contributed by atoms with Crippen LogP contribution in [-0.4, -0.2) is 19.8 Å². The van der Waals surface area contributed by atoms with E-state index in [-0.39, 0.29) is 0 Å². The van der Waals surface area contributed by atoms with Gasteiger partial charge in [-0.15, -0.1) is 5.10 Å². The van der Waals surface area contributed by atoms with Gasteiger partial charge in [0, 0.05) is 22.7 Å². The molecule has 3 aromatic heterocycles. The summed E-state index contributed by atoms with van der Waals surface area (Å²) in [5.41, 5.74) is 4.43. The Morgan fingerprint density at radius 3 is 2.76 bits per heavy atom. The fourth-order valence-corrected chi connectivity index (χ4v) is 2.85. The number of hydrogen-bond donors (Lipinski definition) is 1. The molecule has 0 fully saturated rings. The Bertz CT molecular complexity index is 1180. The van der Waals surface area contributed by atoms with Gasteiger partial charge in [-0.1, -0.05) is 41.6 Å². The van der Waals surface area contributed by atoms with E-state index >= 15 is 0 Å². The standard InChI is InChI=1S/C19H13N5O/c1-2-5-13(6-3-1)16-7-4-8-18-22-19(23-24(16)18)21-15-10-9-14-12-20-25-17(14)11-15/h1-12H,(H,21,23). The van der Waals surface area contributed by atoms with Crippen molar-refractivity contribution in [2.24, 2.45) is 0 Å². The molecule has 120 valence electrons. The van der Waals surface area contributed by atoms with E-state index in [4.69, 9.17) is 4.52 Å². The van der Waals surface area contributed by atoms with Crippen molar-refractivity contribution in [2.45, 2.75) is 0 Å². The Kier molecular flexibility index (Phi) is 3.00. The first-order valence-electron chi connectivity index (χ1n) is 7.89. The third-order valence-corrected chi connectivity index (χ3v) is 4.04. The largest absolute Gasteiger partial charge is 0.356 e. The highest BCUT2D eigenvalue weighted by molar-refractivity contribution is 5.80. The van der Waals surface area contributed by atoms with Gasteiger partial charge in [-0.05, 0) is 24.3 Å². The van der Waals surface area contributed by atoms with Gasteiger partial charge in [0.05, 0.1) is 11.9 Å². The highest BCUT2D eigenvalue weighted by Crippen LogP contribution is 2.23. The van der Waals surface area contributed by atoms with Gasteiger partial charge < -0.3 is 9.84 Å². The summed E-state index contributed by atoms with van der Waals surface area (Å²) in [6.07, 6.45) is 1.69. The molecule has 0 saturated heterocycles. The first-order valence-corrected chi connectivity index (χ1v) is 7.89. The summed E-state index contributed by atoms with van der Waals surface area (Å²) in [7, 11) is 0. The number of anilines is 2. The molecule has 25 heavy (non-hydrogen) atoms. The number of nitrogens with one attached hydrogen (secondary N) is 1. The van der Waals surface area contributed by atoms with E-state index < -0.39 is 0 Å². The van der Waals surface area contributed by atoms with Crippen LogP contribution in [-0.2, 0) is 0 Å². The fourth-order valence-electron chi connectivity index (χ4n) is 2.85. The number of hydrogen-bond acceptors (Lipinski definition) is 5. The molecule has 6 heteroatoms. The minimum Gasteiger partial charge on any atom is -0.356 e. The molecule has 0 spiro atoms. The molecule has 5 rings (SSSR count). The van der Waals surface area contributed by atoms with Crippen molar-refractivity contribution in [3.8, 4) is 11.3 Å². The predicted octanol–water partition coefficient (Wildman–Crippen LogP) is 4.28. The summed E-state index contributed by atoms with van der Waals surface area (Å²) < 4.78 is 7.03. The Morgan fingerprint density at radius 1 is 0.920 bits per heavy atom. The number of nitrogens with zero attached hydrogens (tertiary/aromatic N) is 4. The number of aromatic nitrogens is 4. The summed E-state index contributed by atoms with van der Waals surface area (Å²) in [5, 5.41) is 12.6. The quantitative estimate of drug-likeness (QED) is 0.535. The normalized spacial score (nSPS) is 11.2. The summed E-state index contributed by atoms with van der Waals surface area (Å²) in [4.78, 5) is 4.56. The Labute approximate surface area is 142 Å². The molecule has 5 aromatic rings. The Hall–Kier alpha value is -3.67. The third kappa shape index (κ3) is 2.40. The van der Waals surface area contributed by atoms with Crippen molar-refractivity contribution in [2.75, 3.05) is 5.32 Å². The van der Waals surface area contributed by atoms with Crippen LogP contribution in [0.15, 0.2) is 77.4 Å². The summed E-state index contributed by atoms with van der Waals surface area (Å²) in [6, 6.07) is 21.9. The monoisotopic (exact) mass is 327 g/mol. The number of pyridine rings is 1. The summed E-state index contributed by atoms with van der Waals surface area (Å²) >= 11 is 0.